The Hall–Kier alpha value is -2.60. The van der Waals surface area contributed by atoms with Gasteiger partial charge in [0, 0.05) is 30.4 Å². The van der Waals surface area contributed by atoms with Gasteiger partial charge in [0.15, 0.2) is 0 Å². The number of benzene rings is 1. The molecule has 4 rings (SSSR count). The van der Waals surface area contributed by atoms with Crippen LogP contribution in [0.25, 0.3) is 0 Å². The number of carbonyl (C=O) groups excluding carboxylic acids is 1. The monoisotopic (exact) mass is 384 g/mol. The molecule has 0 saturated carbocycles. The normalized spacial score (nSPS) is 17.2. The van der Waals surface area contributed by atoms with Gasteiger partial charge in [-0.3, -0.25) is 9.48 Å². The standard InChI is InChI=1S/C20H21ClN4O2/c21-16-6-3-5-15(11-16)12-17-13-22-20(27-17)18-7-1-2-10-25(18)19(26)14-24-9-4-8-23-24/h3-6,8-9,11,13,18H,1-2,7,10,12,14H2. The molecule has 0 spiro atoms. The minimum atomic E-state index is -0.116. The van der Waals surface area contributed by atoms with E-state index in [0.717, 1.165) is 37.1 Å². The van der Waals surface area contributed by atoms with Gasteiger partial charge in [0.25, 0.3) is 0 Å². The summed E-state index contributed by atoms with van der Waals surface area (Å²) in [6, 6.07) is 9.40. The summed E-state index contributed by atoms with van der Waals surface area (Å²) in [7, 11) is 0. The van der Waals surface area contributed by atoms with E-state index in [4.69, 9.17) is 16.0 Å². The van der Waals surface area contributed by atoms with Gasteiger partial charge in [-0.15, -0.1) is 0 Å². The number of nitrogens with zero attached hydrogens (tertiary/aromatic N) is 4. The fourth-order valence-electron chi connectivity index (χ4n) is 3.52. The second kappa shape index (κ2) is 7.96. The van der Waals surface area contributed by atoms with Gasteiger partial charge in [0.1, 0.15) is 18.3 Å². The van der Waals surface area contributed by atoms with Crippen molar-refractivity contribution in [1.82, 2.24) is 19.7 Å². The topological polar surface area (TPSA) is 64.2 Å². The average molecular weight is 385 g/mol. The van der Waals surface area contributed by atoms with E-state index in [9.17, 15) is 4.79 Å². The Bertz CT molecular complexity index is 906. The smallest absolute Gasteiger partial charge is 0.244 e. The predicted octanol–water partition coefficient (Wildman–Crippen LogP) is 3.87. The van der Waals surface area contributed by atoms with E-state index in [0.29, 0.717) is 17.3 Å². The molecule has 6 nitrogen and oxygen atoms in total. The third-order valence-electron chi connectivity index (χ3n) is 4.80. The molecular weight excluding hydrogens is 364 g/mol. The molecule has 1 saturated heterocycles. The molecule has 7 heteroatoms. The van der Waals surface area contributed by atoms with E-state index in [1.165, 1.54) is 0 Å². The van der Waals surface area contributed by atoms with E-state index in [1.807, 2.05) is 35.2 Å². The Kier molecular flexibility index (Phi) is 5.25. The van der Waals surface area contributed by atoms with Crippen LogP contribution in [0.3, 0.4) is 0 Å². The number of likely N-dealkylation sites (tertiary alicyclic amines) is 1. The maximum atomic E-state index is 12.8. The molecule has 1 atom stereocenters. The zero-order valence-electron chi connectivity index (χ0n) is 14.9. The number of hydrogen-bond donors (Lipinski definition) is 0. The predicted molar refractivity (Wildman–Crippen MR) is 101 cm³/mol. The van der Waals surface area contributed by atoms with Crippen molar-refractivity contribution in [3.05, 3.63) is 71.2 Å². The fraction of sp³-hybridized carbons (Fsp3) is 0.350. The van der Waals surface area contributed by atoms with Crippen molar-refractivity contribution in [1.29, 1.82) is 0 Å². The van der Waals surface area contributed by atoms with Crippen LogP contribution in [-0.2, 0) is 17.8 Å². The van der Waals surface area contributed by atoms with Crippen molar-refractivity contribution >= 4 is 17.5 Å². The Morgan fingerprint density at radius 2 is 2.22 bits per heavy atom. The molecule has 1 fully saturated rings. The number of aromatic nitrogens is 3. The third-order valence-corrected chi connectivity index (χ3v) is 5.04. The number of hydrogen-bond acceptors (Lipinski definition) is 4. The number of amides is 1. The van der Waals surface area contributed by atoms with Crippen LogP contribution in [0, 0.1) is 0 Å². The first-order valence-electron chi connectivity index (χ1n) is 9.15. The van der Waals surface area contributed by atoms with Crippen LogP contribution < -0.4 is 0 Å². The molecule has 1 aliphatic heterocycles. The molecule has 0 bridgehead atoms. The lowest BCUT2D eigenvalue weighted by Gasteiger charge is -2.33. The minimum absolute atomic E-state index is 0.0398. The average Bonchev–Trinajstić information content (AvgIpc) is 3.34. The Labute approximate surface area is 162 Å². The van der Waals surface area contributed by atoms with Crippen LogP contribution in [0.2, 0.25) is 5.02 Å². The Balaban J connectivity index is 1.48. The molecule has 0 aliphatic carbocycles. The summed E-state index contributed by atoms with van der Waals surface area (Å²) in [5.41, 5.74) is 1.07. The Morgan fingerprint density at radius 1 is 1.30 bits per heavy atom. The summed E-state index contributed by atoms with van der Waals surface area (Å²) in [4.78, 5) is 19.1. The highest BCUT2D eigenvalue weighted by Gasteiger charge is 2.31. The van der Waals surface area contributed by atoms with Gasteiger partial charge in [-0.2, -0.15) is 5.10 Å². The minimum Gasteiger partial charge on any atom is -0.443 e. The lowest BCUT2D eigenvalue weighted by atomic mass is 10.0. The molecule has 3 heterocycles. The van der Waals surface area contributed by atoms with Gasteiger partial charge in [-0.25, -0.2) is 4.98 Å². The Morgan fingerprint density at radius 3 is 3.04 bits per heavy atom. The summed E-state index contributed by atoms with van der Waals surface area (Å²) in [5, 5.41) is 4.83. The van der Waals surface area contributed by atoms with Crippen LogP contribution in [0.1, 0.15) is 42.5 Å². The maximum Gasteiger partial charge on any atom is 0.244 e. The zero-order valence-corrected chi connectivity index (χ0v) is 15.7. The van der Waals surface area contributed by atoms with Crippen LogP contribution in [-0.4, -0.2) is 32.1 Å². The number of carbonyl (C=O) groups is 1. The lowest BCUT2D eigenvalue weighted by molar-refractivity contribution is -0.136. The number of rotatable bonds is 5. The van der Waals surface area contributed by atoms with E-state index >= 15 is 0 Å². The third kappa shape index (κ3) is 4.22. The van der Waals surface area contributed by atoms with E-state index in [1.54, 1.807) is 23.3 Å². The summed E-state index contributed by atoms with van der Waals surface area (Å²) in [6.07, 6.45) is 8.77. The van der Waals surface area contributed by atoms with Crippen LogP contribution in [0.15, 0.2) is 53.3 Å². The first-order valence-corrected chi connectivity index (χ1v) is 9.53. The van der Waals surface area contributed by atoms with E-state index in [2.05, 4.69) is 10.1 Å². The molecule has 1 unspecified atom stereocenters. The van der Waals surface area contributed by atoms with Crippen molar-refractivity contribution in [2.24, 2.45) is 0 Å². The molecule has 1 aromatic carbocycles. The summed E-state index contributed by atoms with van der Waals surface area (Å²) < 4.78 is 7.66. The highest BCUT2D eigenvalue weighted by molar-refractivity contribution is 6.30. The number of oxazole rings is 1. The van der Waals surface area contributed by atoms with Crippen molar-refractivity contribution in [3.63, 3.8) is 0 Å². The second-order valence-corrected chi connectivity index (χ2v) is 7.21. The number of halogens is 1. The molecule has 140 valence electrons. The molecule has 1 amide bonds. The SMILES string of the molecule is O=C(Cn1cccn1)N1CCCCC1c1ncc(Cc2cccc(Cl)c2)o1. The fourth-order valence-corrected chi connectivity index (χ4v) is 3.73. The highest BCUT2D eigenvalue weighted by atomic mass is 35.5. The molecule has 3 aromatic rings. The second-order valence-electron chi connectivity index (χ2n) is 6.77. The summed E-state index contributed by atoms with van der Waals surface area (Å²) in [6.45, 7) is 0.955. The molecule has 2 aromatic heterocycles. The zero-order chi connectivity index (χ0) is 18.6. The van der Waals surface area contributed by atoms with Gasteiger partial charge >= 0.3 is 0 Å². The largest absolute Gasteiger partial charge is 0.443 e. The van der Waals surface area contributed by atoms with Crippen molar-refractivity contribution in [3.8, 4) is 0 Å². The molecular formula is C20H21ClN4O2. The molecule has 0 radical (unpaired) electrons. The molecule has 1 aliphatic rings. The van der Waals surface area contributed by atoms with E-state index in [-0.39, 0.29) is 18.5 Å². The van der Waals surface area contributed by atoms with Gasteiger partial charge in [-0.05, 0) is 43.0 Å². The lowest BCUT2D eigenvalue weighted by Crippen LogP contribution is -2.40. The van der Waals surface area contributed by atoms with Gasteiger partial charge in [-0.1, -0.05) is 23.7 Å². The van der Waals surface area contributed by atoms with Crippen molar-refractivity contribution in [2.45, 2.75) is 38.3 Å². The van der Waals surface area contributed by atoms with E-state index < -0.39 is 0 Å². The van der Waals surface area contributed by atoms with Gasteiger partial charge in [0.2, 0.25) is 11.8 Å². The summed E-state index contributed by atoms with van der Waals surface area (Å²) in [5.74, 6) is 1.43. The summed E-state index contributed by atoms with van der Waals surface area (Å²) >= 11 is 6.05. The van der Waals surface area contributed by atoms with Crippen molar-refractivity contribution < 1.29 is 9.21 Å². The first-order chi connectivity index (χ1) is 13.2. The van der Waals surface area contributed by atoms with Crippen molar-refractivity contribution in [2.75, 3.05) is 6.54 Å². The maximum absolute atomic E-state index is 12.8. The highest BCUT2D eigenvalue weighted by Crippen LogP contribution is 2.31. The first kappa shape index (κ1) is 17.8. The van der Waals surface area contributed by atoms with Crippen LogP contribution in [0.5, 0.6) is 0 Å². The van der Waals surface area contributed by atoms with Gasteiger partial charge < -0.3 is 9.32 Å². The number of piperidine rings is 1. The van der Waals surface area contributed by atoms with Gasteiger partial charge in [0.05, 0.1) is 6.20 Å². The van der Waals surface area contributed by atoms with Crippen LogP contribution >= 0.6 is 11.6 Å². The van der Waals surface area contributed by atoms with Crippen LogP contribution in [0.4, 0.5) is 0 Å². The molecule has 27 heavy (non-hydrogen) atoms. The quantitative estimate of drug-likeness (QED) is 0.669. The molecule has 0 N–H and O–H groups in total.